The molecule has 0 aliphatic rings. The van der Waals surface area contributed by atoms with Crippen LogP contribution in [0, 0.1) is 5.41 Å². The summed E-state index contributed by atoms with van der Waals surface area (Å²) >= 11 is 0. The van der Waals surface area contributed by atoms with E-state index in [0.29, 0.717) is 19.3 Å². The van der Waals surface area contributed by atoms with Gasteiger partial charge >= 0.3 is 23.9 Å². The predicted octanol–water partition coefficient (Wildman–Crippen LogP) is 2.00. The molecule has 0 spiro atoms. The first kappa shape index (κ1) is 21.9. The SMILES string of the molecule is COC(=O)C(CCCCCCCCCC(=O)O)(C(=O)O)C(=O)OC. The van der Waals surface area contributed by atoms with Crippen molar-refractivity contribution in [2.24, 2.45) is 5.41 Å². The number of aliphatic carboxylic acids is 2. The van der Waals surface area contributed by atoms with Gasteiger partial charge in [0, 0.05) is 6.42 Å². The molecule has 0 aliphatic carbocycles. The van der Waals surface area contributed by atoms with Crippen molar-refractivity contribution in [3.63, 3.8) is 0 Å². The van der Waals surface area contributed by atoms with Gasteiger partial charge in [0.05, 0.1) is 14.2 Å². The van der Waals surface area contributed by atoms with E-state index in [2.05, 4.69) is 9.47 Å². The molecular weight excluding hydrogens is 320 g/mol. The highest BCUT2D eigenvalue weighted by atomic mass is 16.5. The second kappa shape index (κ2) is 11.4. The fourth-order valence-electron chi connectivity index (χ4n) is 2.47. The van der Waals surface area contributed by atoms with Gasteiger partial charge in [0.15, 0.2) is 0 Å². The van der Waals surface area contributed by atoms with E-state index >= 15 is 0 Å². The van der Waals surface area contributed by atoms with Gasteiger partial charge in [-0.1, -0.05) is 38.5 Å². The van der Waals surface area contributed by atoms with Crippen LogP contribution in [-0.4, -0.2) is 48.3 Å². The summed E-state index contributed by atoms with van der Waals surface area (Å²) in [5, 5.41) is 17.8. The number of hydrogen-bond acceptors (Lipinski definition) is 6. The molecule has 0 aliphatic heterocycles. The monoisotopic (exact) mass is 346 g/mol. The molecule has 0 saturated carbocycles. The smallest absolute Gasteiger partial charge is 0.334 e. The van der Waals surface area contributed by atoms with Gasteiger partial charge in [0.2, 0.25) is 0 Å². The largest absolute Gasteiger partial charge is 0.481 e. The van der Waals surface area contributed by atoms with Crippen LogP contribution in [0.2, 0.25) is 0 Å². The summed E-state index contributed by atoms with van der Waals surface area (Å²) in [6.07, 6.45) is 5.07. The Morgan fingerprint density at radius 2 is 1.17 bits per heavy atom. The number of carbonyl (C=O) groups is 4. The van der Waals surface area contributed by atoms with Crippen molar-refractivity contribution in [1.82, 2.24) is 0 Å². The molecule has 0 atom stereocenters. The third kappa shape index (κ3) is 6.55. The van der Waals surface area contributed by atoms with E-state index in [1.54, 1.807) is 0 Å². The van der Waals surface area contributed by atoms with E-state index in [9.17, 15) is 24.3 Å². The molecule has 0 bridgehead atoms. The molecule has 0 amide bonds. The summed E-state index contributed by atoms with van der Waals surface area (Å²) < 4.78 is 8.95. The highest BCUT2D eigenvalue weighted by Gasteiger charge is 2.55. The standard InChI is InChI=1S/C16H26O8/c1-23-14(21)16(13(19)20,15(22)24-2)11-9-7-5-3-4-6-8-10-12(17)18/h3-11H2,1-2H3,(H,17,18)(H,19,20). The van der Waals surface area contributed by atoms with Crippen molar-refractivity contribution in [3.8, 4) is 0 Å². The molecule has 0 aromatic heterocycles. The lowest BCUT2D eigenvalue weighted by molar-refractivity contribution is -0.179. The topological polar surface area (TPSA) is 127 Å². The zero-order valence-electron chi connectivity index (χ0n) is 14.2. The van der Waals surface area contributed by atoms with Crippen molar-refractivity contribution < 1.29 is 38.9 Å². The highest BCUT2D eigenvalue weighted by molar-refractivity contribution is 6.17. The number of esters is 2. The maximum Gasteiger partial charge on any atom is 0.334 e. The molecule has 138 valence electrons. The van der Waals surface area contributed by atoms with Crippen molar-refractivity contribution >= 4 is 23.9 Å². The van der Waals surface area contributed by atoms with Crippen molar-refractivity contribution in [2.45, 2.75) is 57.8 Å². The summed E-state index contributed by atoms with van der Waals surface area (Å²) in [5.41, 5.74) is -2.31. The van der Waals surface area contributed by atoms with Crippen LogP contribution in [0.25, 0.3) is 0 Å². The number of methoxy groups -OCH3 is 2. The van der Waals surface area contributed by atoms with Crippen molar-refractivity contribution in [3.05, 3.63) is 0 Å². The summed E-state index contributed by atoms with van der Waals surface area (Å²) in [5.74, 6) is -4.63. The average Bonchev–Trinajstić information content (AvgIpc) is 2.54. The first-order valence-electron chi connectivity index (χ1n) is 7.95. The van der Waals surface area contributed by atoms with Gasteiger partial charge in [-0.25, -0.2) is 0 Å². The van der Waals surface area contributed by atoms with Crippen molar-refractivity contribution in [2.75, 3.05) is 14.2 Å². The second-order valence-corrected chi connectivity index (χ2v) is 5.56. The average molecular weight is 346 g/mol. The molecule has 0 aromatic carbocycles. The number of carbonyl (C=O) groups excluding carboxylic acids is 2. The molecule has 0 fully saturated rings. The summed E-state index contributed by atoms with van der Waals surface area (Å²) in [4.78, 5) is 45.5. The summed E-state index contributed by atoms with van der Waals surface area (Å²) in [7, 11) is 2.06. The van der Waals surface area contributed by atoms with E-state index in [-0.39, 0.29) is 12.8 Å². The minimum Gasteiger partial charge on any atom is -0.481 e. The molecule has 2 N–H and O–H groups in total. The minimum absolute atomic E-state index is 0.166. The Labute approximate surface area is 141 Å². The van der Waals surface area contributed by atoms with Crippen LogP contribution >= 0.6 is 0 Å². The van der Waals surface area contributed by atoms with E-state index in [1.807, 2.05) is 0 Å². The summed E-state index contributed by atoms with van der Waals surface area (Å²) in [6.45, 7) is 0. The third-order valence-corrected chi connectivity index (χ3v) is 3.88. The lowest BCUT2D eigenvalue weighted by Crippen LogP contribution is -2.47. The Morgan fingerprint density at radius 3 is 1.54 bits per heavy atom. The van der Waals surface area contributed by atoms with Crippen LogP contribution in [0.3, 0.4) is 0 Å². The van der Waals surface area contributed by atoms with Crippen LogP contribution in [0.5, 0.6) is 0 Å². The maximum absolute atomic E-state index is 11.8. The van der Waals surface area contributed by atoms with Crippen molar-refractivity contribution in [1.29, 1.82) is 0 Å². The molecule has 0 unspecified atom stereocenters. The van der Waals surface area contributed by atoms with Gasteiger partial charge in [-0.2, -0.15) is 0 Å². The number of ether oxygens (including phenoxy) is 2. The molecule has 8 heteroatoms. The van der Waals surface area contributed by atoms with Crippen LogP contribution in [0.4, 0.5) is 0 Å². The molecule has 0 heterocycles. The highest BCUT2D eigenvalue weighted by Crippen LogP contribution is 2.29. The second-order valence-electron chi connectivity index (χ2n) is 5.56. The molecule has 0 aromatic rings. The van der Waals surface area contributed by atoms with Gasteiger partial charge in [0.25, 0.3) is 5.41 Å². The maximum atomic E-state index is 11.8. The van der Waals surface area contributed by atoms with Gasteiger partial charge in [-0.3, -0.25) is 19.2 Å². The van der Waals surface area contributed by atoms with E-state index in [4.69, 9.17) is 5.11 Å². The number of carboxylic acid groups (broad SMARTS) is 2. The first-order chi connectivity index (χ1) is 11.3. The Bertz CT molecular complexity index is 427. The first-order valence-corrected chi connectivity index (χ1v) is 7.95. The van der Waals surface area contributed by atoms with Gasteiger partial charge in [-0.05, 0) is 12.8 Å². The summed E-state index contributed by atoms with van der Waals surface area (Å²) in [6, 6.07) is 0. The van der Waals surface area contributed by atoms with Gasteiger partial charge in [0.1, 0.15) is 0 Å². The van der Waals surface area contributed by atoms with Crippen LogP contribution < -0.4 is 0 Å². The number of rotatable bonds is 13. The molecule has 24 heavy (non-hydrogen) atoms. The van der Waals surface area contributed by atoms with Crippen LogP contribution in [0.15, 0.2) is 0 Å². The fraction of sp³-hybridized carbons (Fsp3) is 0.750. The van der Waals surface area contributed by atoms with E-state index in [1.165, 1.54) is 0 Å². The van der Waals surface area contributed by atoms with Gasteiger partial charge in [-0.15, -0.1) is 0 Å². The Balaban J connectivity index is 4.30. The van der Waals surface area contributed by atoms with Crippen LogP contribution in [-0.2, 0) is 28.7 Å². The van der Waals surface area contributed by atoms with Crippen LogP contribution in [0.1, 0.15) is 57.8 Å². The molecule has 8 nitrogen and oxygen atoms in total. The Hall–Kier alpha value is -2.12. The normalized spacial score (nSPS) is 10.9. The molecular formula is C16H26O8. The minimum atomic E-state index is -2.31. The van der Waals surface area contributed by atoms with Gasteiger partial charge < -0.3 is 19.7 Å². The quantitative estimate of drug-likeness (QED) is 0.294. The zero-order valence-corrected chi connectivity index (χ0v) is 14.2. The number of hydrogen-bond donors (Lipinski definition) is 2. The molecule has 0 radical (unpaired) electrons. The molecule has 0 saturated heterocycles. The third-order valence-electron chi connectivity index (χ3n) is 3.88. The fourth-order valence-corrected chi connectivity index (χ4v) is 2.47. The zero-order chi connectivity index (χ0) is 18.6. The lowest BCUT2D eigenvalue weighted by atomic mass is 9.82. The number of carboxylic acids is 2. The Kier molecular flexibility index (Phi) is 10.4. The molecule has 0 rings (SSSR count). The van der Waals surface area contributed by atoms with E-state index < -0.39 is 29.3 Å². The number of unbranched alkanes of at least 4 members (excludes halogenated alkanes) is 6. The Morgan fingerprint density at radius 1 is 0.750 bits per heavy atom. The predicted molar refractivity (Wildman–Crippen MR) is 83.3 cm³/mol. The lowest BCUT2D eigenvalue weighted by Gasteiger charge is -2.23. The van der Waals surface area contributed by atoms with E-state index in [0.717, 1.165) is 39.9 Å².